The summed E-state index contributed by atoms with van der Waals surface area (Å²) in [4.78, 5) is 16.3. The number of aryl methyl sites for hydroxylation is 1. The number of hydrogen-bond acceptors (Lipinski definition) is 6. The normalized spacial score (nSPS) is 24.4. The highest BCUT2D eigenvalue weighted by Gasteiger charge is 2.65. The number of aliphatic hydroxyl groups is 2. The fourth-order valence-corrected chi connectivity index (χ4v) is 7.50. The average molecular weight is 679 g/mol. The number of aromatic nitrogens is 3. The molecule has 5 atom stereocenters. The zero-order chi connectivity index (χ0) is 29.6. The lowest BCUT2D eigenvalue weighted by molar-refractivity contribution is -0.146. The fourth-order valence-electron chi connectivity index (χ4n) is 6.89. The van der Waals surface area contributed by atoms with Crippen molar-refractivity contribution in [1.82, 2.24) is 15.0 Å². The van der Waals surface area contributed by atoms with Crippen molar-refractivity contribution in [3.63, 3.8) is 0 Å². The lowest BCUT2D eigenvalue weighted by atomic mass is 9.71. The maximum atomic E-state index is 14.5. The molecule has 0 aliphatic carbocycles. The summed E-state index contributed by atoms with van der Waals surface area (Å²) < 4.78 is 9.67. The number of aliphatic hydroxyl groups excluding tert-OH is 1. The number of ether oxygens (including phenoxy) is 1. The minimum absolute atomic E-state index is 0.0964. The van der Waals surface area contributed by atoms with Crippen molar-refractivity contribution in [3.8, 4) is 0 Å². The molecular weight excluding hydrogens is 643 g/mol. The molecule has 0 radical (unpaired) electrons. The van der Waals surface area contributed by atoms with Gasteiger partial charge in [0.05, 0.1) is 30.1 Å². The summed E-state index contributed by atoms with van der Waals surface area (Å²) in [7, 11) is 0. The molecule has 1 aromatic heterocycles. The van der Waals surface area contributed by atoms with Gasteiger partial charge in [-0.1, -0.05) is 72.8 Å². The van der Waals surface area contributed by atoms with E-state index in [0.29, 0.717) is 25.2 Å². The SMILES string of the molecule is C[C@H]1[C@H](C(C)(C)O)[C@@H](CCn2cc([C@H](O)c3ccccc3)nn2)O[C@]12C(=O)N(Cc1cccc(I)c1)c1ccccc12. The van der Waals surface area contributed by atoms with Gasteiger partial charge in [-0.25, -0.2) is 0 Å². The van der Waals surface area contributed by atoms with Crippen molar-refractivity contribution in [2.75, 3.05) is 4.90 Å². The van der Waals surface area contributed by atoms with Gasteiger partial charge in [0.15, 0.2) is 5.60 Å². The van der Waals surface area contributed by atoms with Crippen LogP contribution in [0.25, 0.3) is 0 Å². The Balaban J connectivity index is 1.28. The van der Waals surface area contributed by atoms with Gasteiger partial charge in [0.25, 0.3) is 5.91 Å². The molecule has 0 bridgehead atoms. The van der Waals surface area contributed by atoms with Crippen LogP contribution in [0.15, 0.2) is 85.1 Å². The van der Waals surface area contributed by atoms with E-state index < -0.39 is 23.4 Å². The van der Waals surface area contributed by atoms with Crippen molar-refractivity contribution in [1.29, 1.82) is 0 Å². The number of halogens is 1. The molecule has 2 aliphatic heterocycles. The van der Waals surface area contributed by atoms with E-state index in [1.54, 1.807) is 24.7 Å². The standard InChI is InChI=1S/C33H35IN4O4/c1-21-29(32(2,3)41)28(16-17-37-20-26(35-36-37)30(39)23-11-5-4-6-12-23)42-33(21)25-14-7-8-15-27(25)38(31(33)40)19-22-10-9-13-24(34)18-22/h4-15,18,20-21,28-30,39,41H,16-17,19H2,1-3H3/t21-,28+,29-,30+,33+/m0/s1. The molecule has 6 rings (SSSR count). The van der Waals surface area contributed by atoms with E-state index in [-0.39, 0.29) is 17.7 Å². The summed E-state index contributed by atoms with van der Waals surface area (Å²) in [6, 6.07) is 25.4. The second-order valence-corrected chi connectivity index (χ2v) is 13.2. The number of hydrogen-bond donors (Lipinski definition) is 2. The molecule has 9 heteroatoms. The molecule has 3 aromatic carbocycles. The first-order valence-electron chi connectivity index (χ1n) is 14.3. The number of nitrogens with zero attached hydrogens (tertiary/aromatic N) is 4. The quantitative estimate of drug-likeness (QED) is 0.248. The van der Waals surface area contributed by atoms with Crippen molar-refractivity contribution in [3.05, 3.63) is 111 Å². The van der Waals surface area contributed by atoms with Crippen molar-refractivity contribution in [2.45, 2.75) is 63.7 Å². The number of carbonyl (C=O) groups excluding carboxylic acids is 1. The molecule has 1 spiro atoms. The van der Waals surface area contributed by atoms with E-state index in [1.165, 1.54) is 0 Å². The van der Waals surface area contributed by atoms with Crippen LogP contribution in [-0.2, 0) is 28.2 Å². The van der Waals surface area contributed by atoms with Crippen molar-refractivity contribution in [2.24, 2.45) is 11.8 Å². The Bertz CT molecular complexity index is 1590. The maximum Gasteiger partial charge on any atom is 0.264 e. The Hall–Kier alpha value is -3.12. The molecule has 1 amide bonds. The Morgan fingerprint density at radius 1 is 1.07 bits per heavy atom. The Morgan fingerprint density at radius 2 is 1.81 bits per heavy atom. The van der Waals surface area contributed by atoms with Crippen LogP contribution >= 0.6 is 22.6 Å². The molecule has 0 unspecified atom stereocenters. The molecule has 2 N–H and O–H groups in total. The van der Waals surface area contributed by atoms with E-state index in [4.69, 9.17) is 4.74 Å². The number of benzene rings is 3. The van der Waals surface area contributed by atoms with Crippen molar-refractivity contribution < 1.29 is 19.7 Å². The van der Waals surface area contributed by atoms with Crippen molar-refractivity contribution >= 4 is 34.2 Å². The van der Waals surface area contributed by atoms with Crippen LogP contribution in [0.1, 0.15) is 55.7 Å². The molecule has 42 heavy (non-hydrogen) atoms. The predicted octanol–water partition coefficient (Wildman–Crippen LogP) is 5.22. The van der Waals surface area contributed by atoms with Gasteiger partial charge in [0, 0.05) is 27.5 Å². The van der Waals surface area contributed by atoms with E-state index in [1.807, 2.05) is 84.6 Å². The second kappa shape index (κ2) is 11.2. The van der Waals surface area contributed by atoms with Crippen LogP contribution in [0.5, 0.6) is 0 Å². The lowest BCUT2D eigenvalue weighted by Crippen LogP contribution is -2.46. The monoisotopic (exact) mass is 678 g/mol. The summed E-state index contributed by atoms with van der Waals surface area (Å²) in [6.45, 7) is 6.51. The van der Waals surface area contributed by atoms with Crippen LogP contribution in [0.4, 0.5) is 5.69 Å². The molecule has 8 nitrogen and oxygen atoms in total. The minimum atomic E-state index is -1.20. The number of amides is 1. The first-order chi connectivity index (χ1) is 20.1. The van der Waals surface area contributed by atoms with Gasteiger partial charge in [0.2, 0.25) is 0 Å². The average Bonchev–Trinajstić information content (AvgIpc) is 3.63. The lowest BCUT2D eigenvalue weighted by Gasteiger charge is -2.34. The summed E-state index contributed by atoms with van der Waals surface area (Å²) in [5, 5.41) is 30.6. The van der Waals surface area contributed by atoms with E-state index >= 15 is 0 Å². The van der Waals surface area contributed by atoms with Crippen LogP contribution in [0.3, 0.4) is 0 Å². The second-order valence-electron chi connectivity index (χ2n) is 11.9. The van der Waals surface area contributed by atoms with Gasteiger partial charge < -0.3 is 19.8 Å². The highest BCUT2D eigenvalue weighted by Crippen LogP contribution is 2.57. The third-order valence-corrected chi connectivity index (χ3v) is 9.39. The van der Waals surface area contributed by atoms with Gasteiger partial charge in [-0.15, -0.1) is 5.10 Å². The first kappa shape index (κ1) is 29.0. The zero-order valence-electron chi connectivity index (χ0n) is 23.9. The van der Waals surface area contributed by atoms with Gasteiger partial charge in [-0.05, 0) is 72.2 Å². The van der Waals surface area contributed by atoms with Crippen LogP contribution in [0, 0.1) is 15.4 Å². The number of fused-ring (bicyclic) bond motifs is 2. The maximum absolute atomic E-state index is 14.5. The third-order valence-electron chi connectivity index (χ3n) is 8.72. The fraction of sp³-hybridized carbons (Fsp3) is 0.364. The summed E-state index contributed by atoms with van der Waals surface area (Å²) in [5.41, 5.74) is 1.65. The number of para-hydroxylation sites is 1. The number of rotatable bonds is 8. The molecule has 218 valence electrons. The molecule has 4 aromatic rings. The summed E-state index contributed by atoms with van der Waals surface area (Å²) >= 11 is 2.29. The van der Waals surface area contributed by atoms with Crippen LogP contribution in [0.2, 0.25) is 0 Å². The zero-order valence-corrected chi connectivity index (χ0v) is 26.0. The molecule has 1 fully saturated rings. The van der Waals surface area contributed by atoms with Gasteiger partial charge >= 0.3 is 0 Å². The highest BCUT2D eigenvalue weighted by molar-refractivity contribution is 14.1. The predicted molar refractivity (Wildman–Crippen MR) is 167 cm³/mol. The van der Waals surface area contributed by atoms with Crippen LogP contribution in [-0.4, -0.2) is 42.8 Å². The van der Waals surface area contributed by atoms with E-state index in [2.05, 4.69) is 39.0 Å². The molecule has 1 saturated heterocycles. The highest BCUT2D eigenvalue weighted by atomic mass is 127. The van der Waals surface area contributed by atoms with E-state index in [9.17, 15) is 15.0 Å². The Kier molecular flexibility index (Phi) is 7.71. The van der Waals surface area contributed by atoms with Crippen LogP contribution < -0.4 is 4.90 Å². The summed E-state index contributed by atoms with van der Waals surface area (Å²) in [6.07, 6.45) is 0.962. The number of carbonyl (C=O) groups is 1. The largest absolute Gasteiger partial charge is 0.390 e. The smallest absolute Gasteiger partial charge is 0.264 e. The molecule has 0 saturated carbocycles. The molecule has 2 aliphatic rings. The Morgan fingerprint density at radius 3 is 2.55 bits per heavy atom. The molecular formula is C33H35IN4O4. The van der Waals surface area contributed by atoms with E-state index in [0.717, 1.165) is 25.9 Å². The number of anilines is 1. The summed E-state index contributed by atoms with van der Waals surface area (Å²) in [5.74, 6) is -0.700. The topological polar surface area (TPSA) is 101 Å². The van der Waals surface area contributed by atoms with Gasteiger partial charge in [0.1, 0.15) is 11.8 Å². The minimum Gasteiger partial charge on any atom is -0.390 e. The van der Waals surface area contributed by atoms with Gasteiger partial charge in [-0.3, -0.25) is 9.48 Å². The molecule has 3 heterocycles. The van der Waals surface area contributed by atoms with Gasteiger partial charge in [-0.2, -0.15) is 0 Å². The first-order valence-corrected chi connectivity index (χ1v) is 15.4. The Labute approximate surface area is 259 Å². The third kappa shape index (κ3) is 5.06.